The molecule has 9 heteroatoms. The van der Waals surface area contributed by atoms with E-state index >= 15 is 0 Å². The normalized spacial score (nSPS) is 21.9. The number of carbonyl (C=O) groups excluding carboxylic acids is 3. The minimum atomic E-state index is -0.969. The summed E-state index contributed by atoms with van der Waals surface area (Å²) < 4.78 is 16.1. The third-order valence-corrected chi connectivity index (χ3v) is 7.11. The predicted octanol–water partition coefficient (Wildman–Crippen LogP) is 3.70. The summed E-state index contributed by atoms with van der Waals surface area (Å²) in [5.41, 5.74) is 2.48. The van der Waals surface area contributed by atoms with E-state index in [-0.39, 0.29) is 29.8 Å². The first-order valence-corrected chi connectivity index (χ1v) is 12.9. The summed E-state index contributed by atoms with van der Waals surface area (Å²) in [6, 6.07) is 4.77. The smallest absolute Gasteiger partial charge is 0.336 e. The largest absolute Gasteiger partial charge is 0.504 e. The lowest BCUT2D eigenvalue weighted by Crippen LogP contribution is -2.43. The third kappa shape index (κ3) is 5.50. The van der Waals surface area contributed by atoms with Gasteiger partial charge in [0.15, 0.2) is 17.3 Å². The summed E-state index contributed by atoms with van der Waals surface area (Å²) in [6.07, 6.45) is 0.445. The van der Waals surface area contributed by atoms with Crippen LogP contribution in [0.5, 0.6) is 11.5 Å². The van der Waals surface area contributed by atoms with Crippen molar-refractivity contribution in [1.29, 1.82) is 0 Å². The highest BCUT2D eigenvalue weighted by molar-refractivity contribution is 7.99. The summed E-state index contributed by atoms with van der Waals surface area (Å²) in [7, 11) is 1.26. The van der Waals surface area contributed by atoms with Crippen molar-refractivity contribution in [3.8, 4) is 11.5 Å². The van der Waals surface area contributed by atoms with E-state index in [2.05, 4.69) is 5.32 Å². The number of phenolic OH excluding ortho intramolecular Hbond substituents is 1. The zero-order valence-corrected chi connectivity index (χ0v) is 21.6. The van der Waals surface area contributed by atoms with E-state index in [0.717, 1.165) is 5.75 Å². The first-order chi connectivity index (χ1) is 16.7. The number of hydrogen-bond donors (Lipinski definition) is 2. The van der Waals surface area contributed by atoms with Crippen LogP contribution in [0.3, 0.4) is 0 Å². The van der Waals surface area contributed by atoms with Gasteiger partial charge in [-0.1, -0.05) is 19.9 Å². The molecule has 0 spiro atoms. The molecule has 0 fully saturated rings. The molecule has 0 bridgehead atoms. The van der Waals surface area contributed by atoms with Gasteiger partial charge in [0.2, 0.25) is 0 Å². The summed E-state index contributed by atoms with van der Waals surface area (Å²) in [5.74, 6) is -1.76. The summed E-state index contributed by atoms with van der Waals surface area (Å²) in [6.45, 7) is 8.01. The molecule has 3 atom stereocenters. The van der Waals surface area contributed by atoms with Crippen LogP contribution in [-0.2, 0) is 23.9 Å². The molecule has 2 N–H and O–H groups in total. The molecule has 1 aliphatic carbocycles. The average molecular weight is 504 g/mol. The maximum Gasteiger partial charge on any atom is 0.336 e. The fourth-order valence-corrected chi connectivity index (χ4v) is 5.17. The monoisotopic (exact) mass is 503 g/mol. The van der Waals surface area contributed by atoms with Crippen molar-refractivity contribution in [1.82, 2.24) is 5.32 Å². The van der Waals surface area contributed by atoms with Gasteiger partial charge >= 0.3 is 11.9 Å². The van der Waals surface area contributed by atoms with Crippen LogP contribution in [0, 0.1) is 11.8 Å². The maximum absolute atomic E-state index is 13.7. The van der Waals surface area contributed by atoms with Crippen LogP contribution in [-0.4, -0.2) is 54.7 Å². The van der Waals surface area contributed by atoms with E-state index in [1.54, 1.807) is 37.7 Å². The molecule has 2 aliphatic rings. The Hall–Kier alpha value is -2.94. The van der Waals surface area contributed by atoms with Gasteiger partial charge in [-0.15, -0.1) is 0 Å². The fourth-order valence-electron chi connectivity index (χ4n) is 4.68. The molecular weight excluding hydrogens is 470 g/mol. The number of carbonyl (C=O) groups is 3. The SMILES string of the molecule is CCOc1cc([C@@H]2C(C(=O)OCCSCC)=C(C)NC3=C2C(=O)[C@H](C(=O)OC)[C@@H](C)C3)ccc1O. The molecule has 1 aromatic rings. The number of aromatic hydroxyl groups is 1. The number of Topliss-reactive ketones (excluding diaryl/α,β-unsaturated/α-hetero) is 1. The molecule has 0 amide bonds. The molecule has 8 nitrogen and oxygen atoms in total. The highest BCUT2D eigenvalue weighted by Gasteiger charge is 2.47. The van der Waals surface area contributed by atoms with E-state index in [0.29, 0.717) is 46.9 Å². The van der Waals surface area contributed by atoms with Gasteiger partial charge in [-0.3, -0.25) is 9.59 Å². The van der Waals surface area contributed by atoms with Crippen molar-refractivity contribution in [2.45, 2.75) is 40.0 Å². The minimum Gasteiger partial charge on any atom is -0.504 e. The van der Waals surface area contributed by atoms with Crippen LogP contribution in [0.2, 0.25) is 0 Å². The standard InChI is InChI=1S/C26H33NO7S/c1-6-33-19-13-16(8-9-18(19)28)22-21(26(31)34-10-11-35-7-2)15(4)27-17-12-14(3)20(25(30)32-5)24(29)23(17)22/h8-9,13-14,20,22,27-28H,6-7,10-12H2,1-5H3/t14-,20+,22+/m0/s1. The van der Waals surface area contributed by atoms with Crippen LogP contribution in [0.4, 0.5) is 0 Å². The van der Waals surface area contributed by atoms with Gasteiger partial charge in [-0.05, 0) is 49.6 Å². The second-order valence-electron chi connectivity index (χ2n) is 8.53. The molecule has 1 heterocycles. The molecule has 3 rings (SSSR count). The number of dihydropyridines is 1. The Morgan fingerprint density at radius 3 is 2.66 bits per heavy atom. The lowest BCUT2D eigenvalue weighted by Gasteiger charge is -2.38. The fraction of sp³-hybridized carbons (Fsp3) is 0.500. The van der Waals surface area contributed by atoms with Crippen LogP contribution in [0.15, 0.2) is 40.7 Å². The van der Waals surface area contributed by atoms with Gasteiger partial charge < -0.3 is 24.6 Å². The van der Waals surface area contributed by atoms with Crippen molar-refractivity contribution in [3.05, 3.63) is 46.3 Å². The van der Waals surface area contributed by atoms with Crippen LogP contribution >= 0.6 is 11.8 Å². The zero-order valence-electron chi connectivity index (χ0n) is 20.8. The highest BCUT2D eigenvalue weighted by atomic mass is 32.2. The Bertz CT molecular complexity index is 1060. The number of phenols is 1. The van der Waals surface area contributed by atoms with Gasteiger partial charge in [0.05, 0.1) is 19.3 Å². The molecule has 1 aliphatic heterocycles. The number of thioether (sulfide) groups is 1. The lowest BCUT2D eigenvalue weighted by molar-refractivity contribution is -0.151. The van der Waals surface area contributed by atoms with Crippen molar-refractivity contribution < 1.29 is 33.7 Å². The summed E-state index contributed by atoms with van der Waals surface area (Å²) in [5, 5.41) is 13.5. The molecule has 0 radical (unpaired) electrons. The second kappa shape index (κ2) is 11.7. The first kappa shape index (κ1) is 26.7. The van der Waals surface area contributed by atoms with Gasteiger partial charge in [-0.2, -0.15) is 11.8 Å². The van der Waals surface area contributed by atoms with Crippen LogP contribution < -0.4 is 10.1 Å². The number of rotatable bonds is 9. The zero-order chi connectivity index (χ0) is 25.7. The molecule has 190 valence electrons. The van der Waals surface area contributed by atoms with Crippen LogP contribution in [0.1, 0.15) is 45.6 Å². The van der Waals surface area contributed by atoms with Crippen molar-refractivity contribution in [2.75, 3.05) is 31.8 Å². The highest BCUT2D eigenvalue weighted by Crippen LogP contribution is 2.46. The lowest BCUT2D eigenvalue weighted by atomic mass is 9.69. The Kier molecular flexibility index (Phi) is 8.88. The second-order valence-corrected chi connectivity index (χ2v) is 9.92. The Labute approximate surface area is 210 Å². The van der Waals surface area contributed by atoms with Gasteiger partial charge in [-0.25, -0.2) is 4.79 Å². The number of nitrogens with one attached hydrogen (secondary N) is 1. The van der Waals surface area contributed by atoms with Crippen molar-refractivity contribution >= 4 is 29.5 Å². The van der Waals surface area contributed by atoms with E-state index < -0.39 is 23.8 Å². The molecular formula is C26H33NO7S. The number of ether oxygens (including phenoxy) is 3. The van der Waals surface area contributed by atoms with Crippen molar-refractivity contribution in [2.24, 2.45) is 11.8 Å². The molecule has 0 saturated carbocycles. The predicted molar refractivity (Wildman–Crippen MR) is 133 cm³/mol. The van der Waals surface area contributed by atoms with E-state index in [1.807, 2.05) is 13.8 Å². The summed E-state index contributed by atoms with van der Waals surface area (Å²) >= 11 is 1.66. The number of esters is 2. The van der Waals surface area contributed by atoms with Gasteiger partial charge in [0.25, 0.3) is 0 Å². The molecule has 0 unspecified atom stereocenters. The van der Waals surface area contributed by atoms with E-state index in [4.69, 9.17) is 14.2 Å². The van der Waals surface area contributed by atoms with E-state index in [9.17, 15) is 19.5 Å². The molecule has 35 heavy (non-hydrogen) atoms. The number of benzene rings is 1. The van der Waals surface area contributed by atoms with Crippen molar-refractivity contribution in [3.63, 3.8) is 0 Å². The Morgan fingerprint density at radius 2 is 2.00 bits per heavy atom. The molecule has 0 saturated heterocycles. The number of allylic oxidation sites excluding steroid dienone is 3. The summed E-state index contributed by atoms with van der Waals surface area (Å²) in [4.78, 5) is 39.6. The van der Waals surface area contributed by atoms with E-state index in [1.165, 1.54) is 13.2 Å². The average Bonchev–Trinajstić information content (AvgIpc) is 2.82. The number of methoxy groups -OCH3 is 1. The topological polar surface area (TPSA) is 111 Å². The van der Waals surface area contributed by atoms with Gasteiger partial charge in [0.1, 0.15) is 12.5 Å². The quantitative estimate of drug-likeness (QED) is 0.296. The molecule has 1 aromatic carbocycles. The maximum atomic E-state index is 13.7. The number of ketones is 1. The third-order valence-electron chi connectivity index (χ3n) is 6.24. The number of hydrogen-bond acceptors (Lipinski definition) is 9. The minimum absolute atomic E-state index is 0.0452. The van der Waals surface area contributed by atoms with Gasteiger partial charge in [0, 0.05) is 28.6 Å². The molecule has 0 aromatic heterocycles. The van der Waals surface area contributed by atoms with Crippen LogP contribution in [0.25, 0.3) is 0 Å². The Morgan fingerprint density at radius 1 is 1.26 bits per heavy atom. The Balaban J connectivity index is 2.12. The first-order valence-electron chi connectivity index (χ1n) is 11.8.